The highest BCUT2D eigenvalue weighted by Crippen LogP contribution is 2.35. The molecule has 0 nitrogen and oxygen atoms in total. The molecule has 118 valence electrons. The molecule has 0 spiro atoms. The Morgan fingerprint density at radius 1 is 0.579 bits per heavy atom. The van der Waals surface area contributed by atoms with Gasteiger partial charge in [-0.25, -0.2) is 0 Å². The smallest absolute Gasteiger partial charge is 0.0380 e. The molecule has 19 heavy (non-hydrogen) atoms. The SMILES string of the molecule is C.CC(C)(C)CCC(CCC(C)(C)C)CC(C)(C)C. The number of hydrogen-bond acceptors (Lipinski definition) is 0. The summed E-state index contributed by atoms with van der Waals surface area (Å²) in [5.41, 5.74) is 1.44. The molecule has 0 aromatic heterocycles. The van der Waals surface area contributed by atoms with Gasteiger partial charge in [-0.15, -0.1) is 0 Å². The normalized spacial score (nSPS) is 13.6. The molecule has 0 heteroatoms. The van der Waals surface area contributed by atoms with Gasteiger partial charge in [0.15, 0.2) is 0 Å². The highest BCUT2D eigenvalue weighted by Gasteiger charge is 2.22. The molecule has 0 rings (SSSR count). The minimum absolute atomic E-state index is 0. The molecule has 0 saturated heterocycles. The molecule has 0 N–H and O–H groups in total. The van der Waals surface area contributed by atoms with Gasteiger partial charge in [-0.1, -0.05) is 69.7 Å². The van der Waals surface area contributed by atoms with E-state index in [9.17, 15) is 0 Å². The van der Waals surface area contributed by atoms with Crippen LogP contribution < -0.4 is 0 Å². The van der Waals surface area contributed by atoms with Gasteiger partial charge in [-0.3, -0.25) is 0 Å². The number of hydrogen-bond donors (Lipinski definition) is 0. The Morgan fingerprint density at radius 2 is 0.895 bits per heavy atom. The van der Waals surface area contributed by atoms with Gasteiger partial charge < -0.3 is 0 Å². The van der Waals surface area contributed by atoms with Gasteiger partial charge in [-0.2, -0.15) is 0 Å². The van der Waals surface area contributed by atoms with Gasteiger partial charge in [0.25, 0.3) is 0 Å². The molecular weight excluding hydrogens is 228 g/mol. The average Bonchev–Trinajstić information content (AvgIpc) is 2.05. The minimum Gasteiger partial charge on any atom is -0.0776 e. The van der Waals surface area contributed by atoms with Crippen LogP contribution in [-0.2, 0) is 0 Å². The maximum atomic E-state index is 2.38. The van der Waals surface area contributed by atoms with E-state index in [1.54, 1.807) is 0 Å². The third kappa shape index (κ3) is 15.9. The molecule has 0 aliphatic heterocycles. The first-order valence-corrected chi connectivity index (χ1v) is 7.79. The van der Waals surface area contributed by atoms with E-state index in [-0.39, 0.29) is 7.43 Å². The highest BCUT2D eigenvalue weighted by atomic mass is 14.3. The Labute approximate surface area is 124 Å². The molecule has 0 fully saturated rings. The zero-order chi connectivity index (χ0) is 14.6. The van der Waals surface area contributed by atoms with Crippen LogP contribution in [0, 0.1) is 22.2 Å². The van der Waals surface area contributed by atoms with Crippen LogP contribution in [0.5, 0.6) is 0 Å². The average molecular weight is 271 g/mol. The lowest BCUT2D eigenvalue weighted by Gasteiger charge is -2.30. The van der Waals surface area contributed by atoms with Gasteiger partial charge in [0.2, 0.25) is 0 Å². The molecule has 0 saturated carbocycles. The topological polar surface area (TPSA) is 0 Å². The van der Waals surface area contributed by atoms with E-state index < -0.39 is 0 Å². The molecule has 0 aromatic rings. The van der Waals surface area contributed by atoms with Crippen LogP contribution in [0.2, 0.25) is 0 Å². The van der Waals surface area contributed by atoms with Crippen LogP contribution in [0.3, 0.4) is 0 Å². The fourth-order valence-corrected chi connectivity index (χ4v) is 2.49. The van der Waals surface area contributed by atoms with Gasteiger partial charge in [0.05, 0.1) is 0 Å². The van der Waals surface area contributed by atoms with E-state index >= 15 is 0 Å². The standard InChI is InChI=1S/C18H38.CH4/c1-16(2,3)12-10-15(14-18(7,8)9)11-13-17(4,5)6;/h15H,10-14H2,1-9H3;1H4. The fraction of sp³-hybridized carbons (Fsp3) is 1.00. The Hall–Kier alpha value is 0. The van der Waals surface area contributed by atoms with Crippen LogP contribution in [0.25, 0.3) is 0 Å². The summed E-state index contributed by atoms with van der Waals surface area (Å²) >= 11 is 0. The summed E-state index contributed by atoms with van der Waals surface area (Å²) < 4.78 is 0. The van der Waals surface area contributed by atoms with Gasteiger partial charge in [0.1, 0.15) is 0 Å². The molecule has 0 aliphatic rings. The second-order valence-electron chi connectivity index (χ2n) is 9.83. The lowest BCUT2D eigenvalue weighted by molar-refractivity contribution is 0.215. The molecule has 0 aromatic carbocycles. The van der Waals surface area contributed by atoms with Crippen molar-refractivity contribution < 1.29 is 0 Å². The minimum atomic E-state index is 0. The zero-order valence-corrected chi connectivity index (χ0v) is 14.6. The van der Waals surface area contributed by atoms with Crippen LogP contribution in [0.1, 0.15) is 102 Å². The third-order valence-corrected chi connectivity index (χ3v) is 3.51. The summed E-state index contributed by atoms with van der Waals surface area (Å²) in [7, 11) is 0. The molecule has 0 bridgehead atoms. The molecule has 0 radical (unpaired) electrons. The summed E-state index contributed by atoms with van der Waals surface area (Å²) in [6.07, 6.45) is 6.89. The van der Waals surface area contributed by atoms with Crippen molar-refractivity contribution in [3.63, 3.8) is 0 Å². The maximum Gasteiger partial charge on any atom is -0.0380 e. The van der Waals surface area contributed by atoms with Crippen LogP contribution in [0.4, 0.5) is 0 Å². The van der Waals surface area contributed by atoms with E-state index in [2.05, 4.69) is 62.3 Å². The lowest BCUT2D eigenvalue weighted by Crippen LogP contribution is -2.18. The largest absolute Gasteiger partial charge is 0.0776 e. The van der Waals surface area contributed by atoms with Crippen molar-refractivity contribution in [2.45, 2.75) is 102 Å². The summed E-state index contributed by atoms with van der Waals surface area (Å²) in [5, 5.41) is 0. The Balaban J connectivity index is 0. The van der Waals surface area contributed by atoms with E-state index in [0.717, 1.165) is 5.92 Å². The van der Waals surface area contributed by atoms with Crippen LogP contribution in [0.15, 0.2) is 0 Å². The summed E-state index contributed by atoms with van der Waals surface area (Å²) in [6, 6.07) is 0. The molecule has 0 amide bonds. The Kier molecular flexibility index (Phi) is 8.63. The van der Waals surface area contributed by atoms with Crippen molar-refractivity contribution in [2.24, 2.45) is 22.2 Å². The van der Waals surface area contributed by atoms with Gasteiger partial charge >= 0.3 is 0 Å². The first-order valence-electron chi connectivity index (χ1n) is 7.79. The fourth-order valence-electron chi connectivity index (χ4n) is 2.49. The quantitative estimate of drug-likeness (QED) is 0.490. The molecule has 0 heterocycles. The van der Waals surface area contributed by atoms with Crippen molar-refractivity contribution >= 4 is 0 Å². The predicted molar refractivity (Wildman–Crippen MR) is 91.7 cm³/mol. The number of rotatable bonds is 5. The molecule has 0 atom stereocenters. The first kappa shape index (κ1) is 21.3. The second kappa shape index (κ2) is 7.70. The molecular formula is C19H42. The van der Waals surface area contributed by atoms with Crippen molar-refractivity contribution in [1.82, 2.24) is 0 Å². The second-order valence-corrected chi connectivity index (χ2v) is 9.83. The Bertz CT molecular complexity index is 198. The third-order valence-electron chi connectivity index (χ3n) is 3.51. The van der Waals surface area contributed by atoms with Crippen molar-refractivity contribution in [1.29, 1.82) is 0 Å². The van der Waals surface area contributed by atoms with Crippen LogP contribution in [-0.4, -0.2) is 0 Å². The van der Waals surface area contributed by atoms with Gasteiger partial charge in [0, 0.05) is 0 Å². The van der Waals surface area contributed by atoms with E-state index in [1.165, 1.54) is 32.1 Å². The van der Waals surface area contributed by atoms with E-state index in [4.69, 9.17) is 0 Å². The van der Waals surface area contributed by atoms with Crippen molar-refractivity contribution in [3.05, 3.63) is 0 Å². The van der Waals surface area contributed by atoms with Crippen LogP contribution >= 0.6 is 0 Å². The summed E-state index contributed by atoms with van der Waals surface area (Å²) in [5.74, 6) is 0.906. The predicted octanol–water partition coefficient (Wildman–Crippen LogP) is 7.33. The van der Waals surface area contributed by atoms with Gasteiger partial charge in [-0.05, 0) is 54.3 Å². The van der Waals surface area contributed by atoms with Crippen molar-refractivity contribution in [3.8, 4) is 0 Å². The zero-order valence-electron chi connectivity index (χ0n) is 14.6. The van der Waals surface area contributed by atoms with Crippen molar-refractivity contribution in [2.75, 3.05) is 0 Å². The molecule has 0 unspecified atom stereocenters. The molecule has 0 aliphatic carbocycles. The first-order chi connectivity index (χ1) is 7.79. The van der Waals surface area contributed by atoms with E-state index in [1.807, 2.05) is 0 Å². The lowest BCUT2D eigenvalue weighted by atomic mass is 9.75. The summed E-state index contributed by atoms with van der Waals surface area (Å²) in [4.78, 5) is 0. The maximum absolute atomic E-state index is 2.38. The summed E-state index contributed by atoms with van der Waals surface area (Å²) in [6.45, 7) is 21.3. The monoisotopic (exact) mass is 270 g/mol. The Morgan fingerprint density at radius 3 is 1.11 bits per heavy atom. The van der Waals surface area contributed by atoms with E-state index in [0.29, 0.717) is 16.2 Å². The highest BCUT2D eigenvalue weighted by molar-refractivity contribution is 4.74.